The molecule has 1 fully saturated rings. The van der Waals surface area contributed by atoms with Crippen molar-refractivity contribution in [2.75, 3.05) is 6.61 Å². The van der Waals surface area contributed by atoms with Gasteiger partial charge in [0.2, 0.25) is 0 Å². The van der Waals surface area contributed by atoms with Gasteiger partial charge < -0.3 is 4.74 Å². The highest BCUT2D eigenvalue weighted by atomic mass is 35.5. The molecule has 98 valence electrons. The van der Waals surface area contributed by atoms with E-state index >= 15 is 0 Å². The summed E-state index contributed by atoms with van der Waals surface area (Å²) < 4.78 is 31.8. The summed E-state index contributed by atoms with van der Waals surface area (Å²) in [5.41, 5.74) is -0.123. The number of pyridine rings is 1. The van der Waals surface area contributed by atoms with Crippen molar-refractivity contribution in [3.8, 4) is 0 Å². The Morgan fingerprint density at radius 3 is 2.83 bits per heavy atom. The van der Waals surface area contributed by atoms with Gasteiger partial charge >= 0.3 is 5.97 Å². The lowest BCUT2D eigenvalue weighted by molar-refractivity contribution is -0.145. The summed E-state index contributed by atoms with van der Waals surface area (Å²) in [6.45, 7) is 1.88. The Bertz CT molecular complexity index is 477. The minimum absolute atomic E-state index is 0.00702. The highest BCUT2D eigenvalue weighted by molar-refractivity contribution is 6.30. The van der Waals surface area contributed by atoms with Crippen LogP contribution < -0.4 is 0 Å². The molecule has 2 rings (SSSR count). The number of carbonyl (C=O) groups is 1. The minimum Gasteiger partial charge on any atom is -0.465 e. The highest BCUT2D eigenvalue weighted by Gasteiger charge is 2.41. The molecular weight excluding hydrogens is 264 g/mol. The fraction of sp³-hybridized carbons (Fsp3) is 0.500. The van der Waals surface area contributed by atoms with E-state index in [-0.39, 0.29) is 18.2 Å². The number of ether oxygens (including phenoxy) is 1. The maximum atomic E-state index is 13.9. The fourth-order valence-corrected chi connectivity index (χ4v) is 2.01. The molecule has 18 heavy (non-hydrogen) atoms. The van der Waals surface area contributed by atoms with E-state index in [0.29, 0.717) is 0 Å². The van der Waals surface area contributed by atoms with E-state index < -0.39 is 28.5 Å². The van der Waals surface area contributed by atoms with Gasteiger partial charge in [-0.05, 0) is 25.7 Å². The number of aromatic nitrogens is 1. The number of esters is 1. The molecule has 1 aromatic heterocycles. The van der Waals surface area contributed by atoms with Crippen LogP contribution in [0.2, 0.25) is 5.02 Å². The number of halogens is 3. The Morgan fingerprint density at radius 2 is 2.28 bits per heavy atom. The summed E-state index contributed by atoms with van der Waals surface area (Å²) in [7, 11) is 0. The zero-order valence-electron chi connectivity index (χ0n) is 9.75. The molecule has 3 nitrogen and oxygen atoms in total. The molecule has 6 heteroatoms. The second-order valence-corrected chi connectivity index (χ2v) is 4.56. The third-order valence-corrected chi connectivity index (χ3v) is 3.22. The molecule has 1 aliphatic carbocycles. The largest absolute Gasteiger partial charge is 0.465 e. The lowest BCUT2D eigenvalue weighted by Crippen LogP contribution is -2.20. The van der Waals surface area contributed by atoms with Gasteiger partial charge in [-0.15, -0.1) is 0 Å². The van der Waals surface area contributed by atoms with E-state index in [2.05, 4.69) is 4.98 Å². The van der Waals surface area contributed by atoms with Crippen molar-refractivity contribution in [3.63, 3.8) is 0 Å². The van der Waals surface area contributed by atoms with Crippen molar-refractivity contribution < 1.29 is 18.3 Å². The zero-order valence-corrected chi connectivity index (χ0v) is 10.5. The summed E-state index contributed by atoms with van der Waals surface area (Å²) in [4.78, 5) is 15.5. The van der Waals surface area contributed by atoms with Crippen molar-refractivity contribution in [1.82, 2.24) is 4.98 Å². The zero-order chi connectivity index (χ0) is 13.3. The van der Waals surface area contributed by atoms with Gasteiger partial charge in [0.05, 0.1) is 18.5 Å². The molecule has 0 radical (unpaired) electrons. The number of hydrogen-bond acceptors (Lipinski definition) is 3. The SMILES string of the molecule is CCOC(=O)C(c1ncc(F)c(Cl)c1F)C1CC1. The second-order valence-electron chi connectivity index (χ2n) is 4.19. The Kier molecular flexibility index (Phi) is 3.80. The molecule has 1 heterocycles. The third kappa shape index (κ3) is 2.46. The summed E-state index contributed by atoms with van der Waals surface area (Å²) in [6.07, 6.45) is 2.44. The first-order valence-electron chi connectivity index (χ1n) is 5.72. The third-order valence-electron chi connectivity index (χ3n) is 2.87. The molecule has 0 bridgehead atoms. The lowest BCUT2D eigenvalue weighted by Gasteiger charge is -2.15. The molecular formula is C12H12ClF2NO2. The monoisotopic (exact) mass is 275 g/mol. The van der Waals surface area contributed by atoms with Gasteiger partial charge in [0.1, 0.15) is 10.9 Å². The van der Waals surface area contributed by atoms with Crippen LogP contribution in [0.3, 0.4) is 0 Å². The number of hydrogen-bond donors (Lipinski definition) is 0. The van der Waals surface area contributed by atoms with E-state index in [1.165, 1.54) is 0 Å². The van der Waals surface area contributed by atoms with Crippen molar-refractivity contribution in [2.24, 2.45) is 5.92 Å². The molecule has 1 saturated carbocycles. The van der Waals surface area contributed by atoms with Crippen LogP contribution in [0.25, 0.3) is 0 Å². The molecule has 1 aliphatic rings. The van der Waals surface area contributed by atoms with Crippen molar-refractivity contribution in [1.29, 1.82) is 0 Å². The number of nitrogens with zero attached hydrogens (tertiary/aromatic N) is 1. The summed E-state index contributed by atoms with van der Waals surface area (Å²) in [5, 5.41) is -0.630. The summed E-state index contributed by atoms with van der Waals surface area (Å²) >= 11 is 5.49. The van der Waals surface area contributed by atoms with Gasteiger partial charge in [0.15, 0.2) is 11.6 Å². The quantitative estimate of drug-likeness (QED) is 0.793. The van der Waals surface area contributed by atoms with Crippen LogP contribution in [0.15, 0.2) is 6.20 Å². The molecule has 0 saturated heterocycles. The predicted octanol–water partition coefficient (Wildman–Crippen LogP) is 3.07. The average Bonchev–Trinajstić information content (AvgIpc) is 3.14. The van der Waals surface area contributed by atoms with Crippen LogP contribution >= 0.6 is 11.6 Å². The van der Waals surface area contributed by atoms with Crippen LogP contribution in [-0.4, -0.2) is 17.6 Å². The van der Waals surface area contributed by atoms with Crippen LogP contribution in [0.4, 0.5) is 8.78 Å². The molecule has 0 N–H and O–H groups in total. The fourth-order valence-electron chi connectivity index (χ4n) is 1.86. The van der Waals surface area contributed by atoms with Crippen molar-refractivity contribution >= 4 is 17.6 Å². The van der Waals surface area contributed by atoms with Gasteiger partial charge in [-0.2, -0.15) is 0 Å². The minimum atomic E-state index is -0.971. The molecule has 1 unspecified atom stereocenters. The first-order valence-corrected chi connectivity index (χ1v) is 6.10. The van der Waals surface area contributed by atoms with E-state index in [4.69, 9.17) is 16.3 Å². The van der Waals surface area contributed by atoms with Crippen molar-refractivity contribution in [3.05, 3.63) is 28.5 Å². The summed E-state index contributed by atoms with van der Waals surface area (Å²) in [5.74, 6) is -3.22. The highest BCUT2D eigenvalue weighted by Crippen LogP contribution is 2.44. The molecule has 0 aromatic carbocycles. The Labute approximate surface area is 108 Å². The van der Waals surface area contributed by atoms with Gasteiger partial charge in [-0.3, -0.25) is 9.78 Å². The average molecular weight is 276 g/mol. The topological polar surface area (TPSA) is 39.2 Å². The van der Waals surface area contributed by atoms with Gasteiger partial charge in [-0.25, -0.2) is 8.78 Å². The van der Waals surface area contributed by atoms with Gasteiger partial charge in [-0.1, -0.05) is 11.6 Å². The van der Waals surface area contributed by atoms with Crippen molar-refractivity contribution in [2.45, 2.75) is 25.7 Å². The maximum absolute atomic E-state index is 13.9. The van der Waals surface area contributed by atoms with E-state index in [9.17, 15) is 13.6 Å². The lowest BCUT2D eigenvalue weighted by atomic mass is 9.98. The second kappa shape index (κ2) is 5.18. The van der Waals surface area contributed by atoms with Crippen LogP contribution in [0, 0.1) is 17.6 Å². The normalized spacial score (nSPS) is 16.4. The first kappa shape index (κ1) is 13.2. The molecule has 0 amide bonds. The molecule has 1 atom stereocenters. The first-order chi connectivity index (χ1) is 8.56. The standard InChI is InChI=1S/C12H12ClF2NO2/c1-2-18-12(17)8(6-3-4-6)11-10(15)9(13)7(14)5-16-11/h5-6,8H,2-4H2,1H3. The number of carbonyl (C=O) groups excluding carboxylic acids is 1. The van der Waals surface area contributed by atoms with E-state index in [1.807, 2.05) is 0 Å². The van der Waals surface area contributed by atoms with Gasteiger partial charge in [0, 0.05) is 0 Å². The van der Waals surface area contributed by atoms with Gasteiger partial charge in [0.25, 0.3) is 0 Å². The predicted molar refractivity (Wildman–Crippen MR) is 61.3 cm³/mol. The summed E-state index contributed by atoms with van der Waals surface area (Å²) in [6, 6.07) is 0. The van der Waals surface area contributed by atoms with Crippen LogP contribution in [-0.2, 0) is 9.53 Å². The molecule has 1 aromatic rings. The van der Waals surface area contributed by atoms with Crippen LogP contribution in [0.1, 0.15) is 31.4 Å². The Balaban J connectivity index is 2.37. The van der Waals surface area contributed by atoms with E-state index in [1.54, 1.807) is 6.92 Å². The van der Waals surface area contributed by atoms with Crippen LogP contribution in [0.5, 0.6) is 0 Å². The number of rotatable bonds is 4. The molecule has 0 spiro atoms. The molecule has 0 aliphatic heterocycles. The smallest absolute Gasteiger partial charge is 0.315 e. The van der Waals surface area contributed by atoms with E-state index in [0.717, 1.165) is 19.0 Å². The Hall–Kier alpha value is -1.23. The Morgan fingerprint density at radius 1 is 1.61 bits per heavy atom. The maximum Gasteiger partial charge on any atom is 0.315 e.